The first-order valence-electron chi connectivity index (χ1n) is 0.816. The van der Waals surface area contributed by atoms with E-state index >= 15 is 0 Å². The second kappa shape index (κ2) is 8.07. The maximum atomic E-state index is 8.58. The van der Waals surface area contributed by atoms with Crippen LogP contribution in [0.5, 0.6) is 0 Å². The Morgan fingerprint density at radius 1 is 0.875 bits per heavy atom. The molecule has 0 spiro atoms. The minimum atomic E-state index is -5.61. The monoisotopic (exact) mass is 191 g/mol. The van der Waals surface area contributed by atoms with Crippen LogP contribution >= 0.6 is 0 Å². The Balaban J connectivity index is -0.0000000267. The molecule has 0 rings (SSSR count). The largest absolute Gasteiger partial charge is 3.00 e. The minimum Gasteiger partial charge on any atom is -0.894 e. The van der Waals surface area contributed by atoms with Gasteiger partial charge in [0, 0.05) is 0 Å². The molecule has 0 atom stereocenters. The molecule has 8 heavy (non-hydrogen) atoms. The third-order valence-electron chi connectivity index (χ3n) is 0. The molecule has 0 aliphatic carbocycles. The van der Waals surface area contributed by atoms with E-state index in [0.29, 0.717) is 0 Å². The van der Waals surface area contributed by atoms with Crippen LogP contribution in [0.2, 0.25) is 0 Å². The predicted octanol–water partition coefficient (Wildman–Crippen LogP) is -5.70. The molecular formula is HAlMnO5Si. The summed E-state index contributed by atoms with van der Waals surface area (Å²) in [5.74, 6) is 0. The molecule has 45 valence electrons. The van der Waals surface area contributed by atoms with E-state index < -0.39 is 9.05 Å². The van der Waals surface area contributed by atoms with Gasteiger partial charge in [-0.15, -0.1) is 0 Å². The number of hydrogen-bond donors (Lipinski definition) is 0. The van der Waals surface area contributed by atoms with Gasteiger partial charge in [-0.1, -0.05) is 0 Å². The summed E-state index contributed by atoms with van der Waals surface area (Å²) in [6, 6.07) is 0. The molecule has 0 aromatic rings. The summed E-state index contributed by atoms with van der Waals surface area (Å²) in [7, 11) is -5.61. The topological polar surface area (TPSA) is 122 Å². The van der Waals surface area contributed by atoms with Gasteiger partial charge >= 0.3 is 34.4 Å². The predicted molar refractivity (Wildman–Crippen MR) is 13.4 cm³/mol. The van der Waals surface area contributed by atoms with E-state index in [9.17, 15) is 0 Å². The number of rotatable bonds is 0. The molecule has 0 bridgehead atoms. The third-order valence-corrected chi connectivity index (χ3v) is 0. The van der Waals surface area contributed by atoms with E-state index in [1.54, 1.807) is 0 Å². The van der Waals surface area contributed by atoms with Crippen molar-refractivity contribution in [2.75, 3.05) is 0 Å². The first-order valence-corrected chi connectivity index (χ1v) is 2.45. The Morgan fingerprint density at radius 3 is 0.875 bits per heavy atom. The second-order valence-electron chi connectivity index (χ2n) is 0.500. The van der Waals surface area contributed by atoms with Crippen LogP contribution in [0.25, 0.3) is 0 Å². The standard InChI is InChI=1S/Al.Mn.O4Si.H2O/c;;1-5(2,3)4;/h;;;1H2/q+3;+2;-4;/p-1. The molecule has 0 aromatic carbocycles. The summed E-state index contributed by atoms with van der Waals surface area (Å²) >= 11 is 0. The SMILES string of the molecule is [Al+3].[Mn+2].[O-][Si]([O-])([O-])[O-].[OH-]. The molecule has 1 radical (unpaired) electrons. The van der Waals surface area contributed by atoms with Crippen LogP contribution in [-0.4, -0.2) is 31.9 Å². The molecule has 0 aliphatic heterocycles. The van der Waals surface area contributed by atoms with Crippen molar-refractivity contribution in [3.63, 3.8) is 0 Å². The molecule has 0 saturated heterocycles. The molecule has 0 unspecified atom stereocenters. The molecule has 0 saturated carbocycles. The average Bonchev–Trinajstić information content (AvgIpc) is 0.722. The zero-order valence-electron chi connectivity index (χ0n) is 3.54. The van der Waals surface area contributed by atoms with E-state index in [1.807, 2.05) is 0 Å². The van der Waals surface area contributed by atoms with Gasteiger partial charge < -0.3 is 33.7 Å². The summed E-state index contributed by atoms with van der Waals surface area (Å²) in [5, 5.41) is 0. The van der Waals surface area contributed by atoms with Crippen LogP contribution in [0.4, 0.5) is 0 Å². The van der Waals surface area contributed by atoms with Gasteiger partial charge in [-0.2, -0.15) is 0 Å². The molecule has 0 aromatic heterocycles. The second-order valence-corrected chi connectivity index (χ2v) is 1.50. The molecule has 8 heteroatoms. The molecule has 0 amide bonds. The molecule has 0 aliphatic rings. The Kier molecular flexibility index (Phi) is 23.2. The molecule has 0 fully saturated rings. The van der Waals surface area contributed by atoms with Crippen molar-refractivity contribution >= 4 is 26.4 Å². The van der Waals surface area contributed by atoms with E-state index in [2.05, 4.69) is 0 Å². The van der Waals surface area contributed by atoms with Gasteiger partial charge in [0.2, 0.25) is 0 Å². The zero-order valence-corrected chi connectivity index (χ0v) is 6.87. The van der Waals surface area contributed by atoms with Crippen LogP contribution in [0, 0.1) is 0 Å². The summed E-state index contributed by atoms with van der Waals surface area (Å²) in [5.41, 5.74) is 0. The molecule has 5 nitrogen and oxygen atoms in total. The Bertz CT molecular complexity index is 27.9. The van der Waals surface area contributed by atoms with Crippen molar-refractivity contribution in [1.29, 1.82) is 0 Å². The average molecular weight is 191 g/mol. The van der Waals surface area contributed by atoms with E-state index in [4.69, 9.17) is 19.2 Å². The fraction of sp³-hybridized carbons (Fsp3) is 0. The van der Waals surface area contributed by atoms with Gasteiger partial charge in [0.15, 0.2) is 0 Å². The fourth-order valence-corrected chi connectivity index (χ4v) is 0. The van der Waals surface area contributed by atoms with E-state index in [1.165, 1.54) is 0 Å². The maximum absolute atomic E-state index is 8.58. The minimum absolute atomic E-state index is 0. The van der Waals surface area contributed by atoms with Crippen LogP contribution < -0.4 is 19.2 Å². The first kappa shape index (κ1) is 23.0. The van der Waals surface area contributed by atoms with E-state index in [-0.39, 0.29) is 39.9 Å². The first-order chi connectivity index (χ1) is 2.00. The Morgan fingerprint density at radius 2 is 0.875 bits per heavy atom. The third kappa shape index (κ3) is 228. The molecular weight excluding hydrogens is 190 g/mol. The molecule has 0 heterocycles. The maximum Gasteiger partial charge on any atom is 3.00 e. The van der Waals surface area contributed by atoms with Crippen molar-refractivity contribution < 1.29 is 41.7 Å². The summed E-state index contributed by atoms with van der Waals surface area (Å²) in [4.78, 5) is 34.3. The van der Waals surface area contributed by atoms with Gasteiger partial charge in [-0.3, -0.25) is 0 Å². The van der Waals surface area contributed by atoms with Crippen molar-refractivity contribution in [3.05, 3.63) is 0 Å². The summed E-state index contributed by atoms with van der Waals surface area (Å²) in [6.07, 6.45) is 0. The van der Waals surface area contributed by atoms with Crippen LogP contribution in [0.15, 0.2) is 0 Å². The fourth-order valence-electron chi connectivity index (χ4n) is 0. The van der Waals surface area contributed by atoms with Gasteiger partial charge in [-0.05, 0) is 0 Å². The summed E-state index contributed by atoms with van der Waals surface area (Å²) < 4.78 is 0. The van der Waals surface area contributed by atoms with Crippen molar-refractivity contribution in [1.82, 2.24) is 0 Å². The van der Waals surface area contributed by atoms with Crippen LogP contribution in [-0.2, 0) is 17.1 Å². The van der Waals surface area contributed by atoms with Gasteiger partial charge in [-0.25, -0.2) is 0 Å². The van der Waals surface area contributed by atoms with E-state index in [0.717, 1.165) is 0 Å². The van der Waals surface area contributed by atoms with Gasteiger partial charge in [0.1, 0.15) is 0 Å². The van der Waals surface area contributed by atoms with Crippen molar-refractivity contribution in [2.45, 2.75) is 0 Å². The Hall–Kier alpha value is 1.07. The van der Waals surface area contributed by atoms with Crippen molar-refractivity contribution in [2.24, 2.45) is 0 Å². The van der Waals surface area contributed by atoms with Crippen LogP contribution in [0.1, 0.15) is 0 Å². The molecule has 1 N–H and O–H groups in total. The van der Waals surface area contributed by atoms with Crippen LogP contribution in [0.3, 0.4) is 0 Å². The zero-order chi connectivity index (χ0) is 4.50. The van der Waals surface area contributed by atoms with Gasteiger partial charge in [0.05, 0.1) is 0 Å². The smallest absolute Gasteiger partial charge is 0.894 e. The Labute approximate surface area is 68.4 Å². The normalized spacial score (nSPS) is 7.50. The quantitative estimate of drug-likeness (QED) is 0.353. The summed E-state index contributed by atoms with van der Waals surface area (Å²) in [6.45, 7) is 0. The number of hydrogen-bond acceptors (Lipinski definition) is 5. The van der Waals surface area contributed by atoms with Crippen molar-refractivity contribution in [3.8, 4) is 0 Å². The van der Waals surface area contributed by atoms with Gasteiger partial charge in [0.25, 0.3) is 0 Å².